The van der Waals surface area contributed by atoms with Crippen molar-refractivity contribution in [3.63, 3.8) is 0 Å². The van der Waals surface area contributed by atoms with Crippen molar-refractivity contribution in [3.8, 4) is 5.75 Å². The van der Waals surface area contributed by atoms with Crippen LogP contribution in [0.5, 0.6) is 5.75 Å². The molecule has 0 spiro atoms. The van der Waals surface area contributed by atoms with Crippen LogP contribution in [0.1, 0.15) is 10.4 Å². The van der Waals surface area contributed by atoms with Crippen molar-refractivity contribution in [2.45, 2.75) is 0 Å². The minimum absolute atomic E-state index is 0.00924. The third-order valence-corrected chi connectivity index (χ3v) is 1.77. The van der Waals surface area contributed by atoms with Crippen molar-refractivity contribution >= 4 is 17.9 Å². The van der Waals surface area contributed by atoms with Gasteiger partial charge >= 0.3 is 0 Å². The molecule has 1 amide bonds. The Kier molecular flexibility index (Phi) is 1.73. The fraction of sp³-hybridized carbons (Fsp3) is 0.111. The Balaban J connectivity index is 2.42. The van der Waals surface area contributed by atoms with Gasteiger partial charge in [0.05, 0.1) is 5.69 Å². The van der Waals surface area contributed by atoms with E-state index in [4.69, 9.17) is 4.74 Å². The largest absolute Gasteiger partial charge is 0.482 e. The molecule has 0 unspecified atom stereocenters. The van der Waals surface area contributed by atoms with Crippen LogP contribution in [0.2, 0.25) is 0 Å². The van der Waals surface area contributed by atoms with Gasteiger partial charge in [0.25, 0.3) is 5.91 Å². The number of nitrogens with one attached hydrogen (secondary N) is 1. The minimum atomic E-state index is -0.175. The summed E-state index contributed by atoms with van der Waals surface area (Å²) in [6.45, 7) is 0.00924. The number of hydrogen-bond donors (Lipinski definition) is 1. The number of carbonyl (C=O) groups is 2. The van der Waals surface area contributed by atoms with Gasteiger partial charge in [-0.2, -0.15) is 0 Å². The van der Waals surface area contributed by atoms with Crippen LogP contribution in [0, 0.1) is 0 Å². The van der Waals surface area contributed by atoms with E-state index in [0.717, 1.165) is 6.29 Å². The van der Waals surface area contributed by atoms with Crippen LogP contribution < -0.4 is 10.1 Å². The molecule has 1 aliphatic rings. The van der Waals surface area contributed by atoms with Gasteiger partial charge in [0, 0.05) is 5.56 Å². The first-order valence-electron chi connectivity index (χ1n) is 3.81. The second-order valence-corrected chi connectivity index (χ2v) is 2.71. The van der Waals surface area contributed by atoms with Crippen LogP contribution in [0.4, 0.5) is 5.69 Å². The number of ether oxygens (including phenoxy) is 1. The Hall–Kier alpha value is -1.84. The van der Waals surface area contributed by atoms with Crippen molar-refractivity contribution < 1.29 is 14.3 Å². The number of amides is 1. The zero-order valence-electron chi connectivity index (χ0n) is 6.74. The second-order valence-electron chi connectivity index (χ2n) is 2.71. The summed E-state index contributed by atoms with van der Waals surface area (Å²) in [4.78, 5) is 21.3. The lowest BCUT2D eigenvalue weighted by Crippen LogP contribution is -2.25. The first kappa shape index (κ1) is 7.79. The fourth-order valence-electron chi connectivity index (χ4n) is 1.16. The van der Waals surface area contributed by atoms with Crippen molar-refractivity contribution in [3.05, 3.63) is 23.8 Å². The maximum absolute atomic E-state index is 10.9. The molecule has 1 heterocycles. The summed E-state index contributed by atoms with van der Waals surface area (Å²) in [5, 5.41) is 2.63. The van der Waals surface area contributed by atoms with E-state index in [0.29, 0.717) is 17.0 Å². The summed E-state index contributed by atoms with van der Waals surface area (Å²) < 4.78 is 5.11. The summed E-state index contributed by atoms with van der Waals surface area (Å²) in [6, 6.07) is 4.87. The number of carbonyl (C=O) groups excluding carboxylic acids is 2. The molecule has 0 saturated carbocycles. The molecule has 1 aromatic carbocycles. The van der Waals surface area contributed by atoms with Gasteiger partial charge in [0.15, 0.2) is 6.61 Å². The first-order chi connectivity index (χ1) is 6.29. The monoisotopic (exact) mass is 177 g/mol. The third-order valence-electron chi connectivity index (χ3n) is 1.77. The molecule has 4 nitrogen and oxygen atoms in total. The van der Waals surface area contributed by atoms with E-state index in [9.17, 15) is 9.59 Å². The average Bonchev–Trinajstić information content (AvgIpc) is 2.17. The standard InChI is InChI=1S/C9H7NO3/c11-4-6-1-2-7-8(3-6)13-5-9(12)10-7/h1-4H,5H2,(H,10,12). The molecule has 0 saturated heterocycles. The number of fused-ring (bicyclic) bond motifs is 1. The number of rotatable bonds is 1. The summed E-state index contributed by atoms with van der Waals surface area (Å²) >= 11 is 0. The summed E-state index contributed by atoms with van der Waals surface area (Å²) in [7, 11) is 0. The quantitative estimate of drug-likeness (QED) is 0.646. The summed E-state index contributed by atoms with van der Waals surface area (Å²) in [6.07, 6.45) is 0.736. The van der Waals surface area contributed by atoms with Crippen LogP contribution in [-0.2, 0) is 4.79 Å². The van der Waals surface area contributed by atoms with Gasteiger partial charge in [-0.15, -0.1) is 0 Å². The molecule has 0 radical (unpaired) electrons. The predicted molar refractivity (Wildman–Crippen MR) is 46.0 cm³/mol. The van der Waals surface area contributed by atoms with E-state index in [2.05, 4.69) is 5.32 Å². The topological polar surface area (TPSA) is 55.4 Å². The van der Waals surface area contributed by atoms with E-state index in [1.54, 1.807) is 18.2 Å². The lowest BCUT2D eigenvalue weighted by molar-refractivity contribution is -0.118. The molecule has 0 atom stereocenters. The number of hydrogen-bond acceptors (Lipinski definition) is 3. The van der Waals surface area contributed by atoms with Crippen LogP contribution in [-0.4, -0.2) is 18.8 Å². The van der Waals surface area contributed by atoms with Crippen LogP contribution >= 0.6 is 0 Å². The van der Waals surface area contributed by atoms with E-state index < -0.39 is 0 Å². The van der Waals surface area contributed by atoms with E-state index in [1.165, 1.54) is 0 Å². The Morgan fingerprint density at radius 3 is 3.08 bits per heavy atom. The highest BCUT2D eigenvalue weighted by molar-refractivity contribution is 5.96. The minimum Gasteiger partial charge on any atom is -0.482 e. The molecule has 0 aliphatic carbocycles. The average molecular weight is 177 g/mol. The Labute approximate surface area is 74.5 Å². The molecule has 1 aromatic rings. The zero-order chi connectivity index (χ0) is 9.26. The van der Waals surface area contributed by atoms with Gasteiger partial charge in [0.2, 0.25) is 0 Å². The third kappa shape index (κ3) is 1.38. The van der Waals surface area contributed by atoms with Gasteiger partial charge in [-0.25, -0.2) is 0 Å². The Morgan fingerprint density at radius 2 is 2.31 bits per heavy atom. The molecule has 0 fully saturated rings. The normalized spacial score (nSPS) is 14.0. The highest BCUT2D eigenvalue weighted by atomic mass is 16.5. The van der Waals surface area contributed by atoms with E-state index in [-0.39, 0.29) is 12.5 Å². The van der Waals surface area contributed by atoms with Crippen LogP contribution in [0.15, 0.2) is 18.2 Å². The highest BCUT2D eigenvalue weighted by Gasteiger charge is 2.15. The van der Waals surface area contributed by atoms with Crippen LogP contribution in [0.3, 0.4) is 0 Å². The molecule has 1 N–H and O–H groups in total. The molecule has 0 bridgehead atoms. The number of anilines is 1. The van der Waals surface area contributed by atoms with Crippen LogP contribution in [0.25, 0.3) is 0 Å². The van der Waals surface area contributed by atoms with Crippen molar-refractivity contribution in [2.75, 3.05) is 11.9 Å². The van der Waals surface area contributed by atoms with Crippen molar-refractivity contribution in [1.82, 2.24) is 0 Å². The Bertz CT molecular complexity index is 373. The van der Waals surface area contributed by atoms with Gasteiger partial charge in [-0.05, 0) is 18.2 Å². The lowest BCUT2D eigenvalue weighted by Gasteiger charge is -2.17. The summed E-state index contributed by atoms with van der Waals surface area (Å²) in [5.41, 5.74) is 1.15. The second kappa shape index (κ2) is 2.90. The van der Waals surface area contributed by atoms with Crippen molar-refractivity contribution in [1.29, 1.82) is 0 Å². The van der Waals surface area contributed by atoms with Gasteiger partial charge in [-0.1, -0.05) is 0 Å². The smallest absolute Gasteiger partial charge is 0.262 e. The molecule has 2 rings (SSSR count). The molecular weight excluding hydrogens is 170 g/mol. The number of aldehydes is 1. The molecule has 4 heteroatoms. The highest BCUT2D eigenvalue weighted by Crippen LogP contribution is 2.27. The van der Waals surface area contributed by atoms with Gasteiger partial charge in [-0.3, -0.25) is 9.59 Å². The summed E-state index contributed by atoms with van der Waals surface area (Å²) in [5.74, 6) is 0.371. The number of benzene rings is 1. The lowest BCUT2D eigenvalue weighted by atomic mass is 10.2. The molecule has 66 valence electrons. The Morgan fingerprint density at radius 1 is 1.46 bits per heavy atom. The molecule has 13 heavy (non-hydrogen) atoms. The van der Waals surface area contributed by atoms with E-state index in [1.807, 2.05) is 0 Å². The first-order valence-corrected chi connectivity index (χ1v) is 3.81. The van der Waals surface area contributed by atoms with Gasteiger partial charge in [0.1, 0.15) is 12.0 Å². The predicted octanol–water partition coefficient (Wildman–Crippen LogP) is 0.830. The van der Waals surface area contributed by atoms with Gasteiger partial charge < -0.3 is 10.1 Å². The maximum atomic E-state index is 10.9. The van der Waals surface area contributed by atoms with E-state index >= 15 is 0 Å². The zero-order valence-corrected chi connectivity index (χ0v) is 6.74. The molecular formula is C9H7NO3. The molecule has 0 aromatic heterocycles. The van der Waals surface area contributed by atoms with Crippen molar-refractivity contribution in [2.24, 2.45) is 0 Å². The maximum Gasteiger partial charge on any atom is 0.262 e. The SMILES string of the molecule is O=Cc1ccc2c(c1)OCC(=O)N2. The molecule has 1 aliphatic heterocycles. The fourth-order valence-corrected chi connectivity index (χ4v) is 1.16.